The van der Waals surface area contributed by atoms with Crippen LogP contribution < -0.4 is 14.8 Å². The Bertz CT molecular complexity index is 637. The summed E-state index contributed by atoms with van der Waals surface area (Å²) >= 11 is 0. The molecule has 0 radical (unpaired) electrons. The fourth-order valence-electron chi connectivity index (χ4n) is 2.10. The molecule has 2 rings (SSSR count). The normalized spacial score (nSPS) is 14.8. The first-order valence-corrected chi connectivity index (χ1v) is 8.53. The highest BCUT2D eigenvalue weighted by Gasteiger charge is 2.26. The minimum atomic E-state index is -0.808. The molecular weight excluding hydrogens is 322 g/mol. The first kappa shape index (κ1) is 18.8. The van der Waals surface area contributed by atoms with Gasteiger partial charge >= 0.3 is 5.97 Å². The molecule has 1 fully saturated rings. The van der Waals surface area contributed by atoms with Crippen molar-refractivity contribution >= 4 is 18.0 Å². The first-order chi connectivity index (χ1) is 12.0. The molecule has 0 unspecified atom stereocenters. The van der Waals surface area contributed by atoms with E-state index in [2.05, 4.69) is 5.32 Å². The molecule has 6 heteroatoms. The number of ether oxygens (including phenoxy) is 3. The summed E-state index contributed by atoms with van der Waals surface area (Å²) in [4.78, 5) is 23.6. The van der Waals surface area contributed by atoms with E-state index in [1.54, 1.807) is 32.2 Å². The Balaban J connectivity index is 1.90. The van der Waals surface area contributed by atoms with Crippen molar-refractivity contribution in [3.05, 3.63) is 29.8 Å². The SMILES string of the molecule is CCCOc1ccc(/C=C/C(=O)O[C@@H](C)C(=O)NC2CC2)cc1OC. The second-order valence-corrected chi connectivity index (χ2v) is 5.95. The summed E-state index contributed by atoms with van der Waals surface area (Å²) in [5.74, 6) is 0.433. The number of esters is 1. The lowest BCUT2D eigenvalue weighted by molar-refractivity contribution is -0.150. The van der Waals surface area contributed by atoms with Crippen molar-refractivity contribution in [3.63, 3.8) is 0 Å². The zero-order chi connectivity index (χ0) is 18.2. The van der Waals surface area contributed by atoms with Gasteiger partial charge in [0.2, 0.25) is 0 Å². The maximum Gasteiger partial charge on any atom is 0.331 e. The zero-order valence-electron chi connectivity index (χ0n) is 14.9. The molecule has 0 heterocycles. The monoisotopic (exact) mass is 347 g/mol. The van der Waals surface area contributed by atoms with Crippen LogP contribution in [0.4, 0.5) is 0 Å². The lowest BCUT2D eigenvalue weighted by Gasteiger charge is -2.12. The molecule has 0 aliphatic heterocycles. The van der Waals surface area contributed by atoms with Gasteiger partial charge in [0.05, 0.1) is 13.7 Å². The van der Waals surface area contributed by atoms with E-state index in [1.807, 2.05) is 13.0 Å². The van der Waals surface area contributed by atoms with E-state index in [4.69, 9.17) is 14.2 Å². The molecule has 1 aromatic carbocycles. The van der Waals surface area contributed by atoms with E-state index < -0.39 is 12.1 Å². The van der Waals surface area contributed by atoms with Crippen molar-refractivity contribution in [1.29, 1.82) is 0 Å². The van der Waals surface area contributed by atoms with Crippen LogP contribution in [-0.2, 0) is 14.3 Å². The van der Waals surface area contributed by atoms with Gasteiger partial charge in [-0.15, -0.1) is 0 Å². The van der Waals surface area contributed by atoms with E-state index >= 15 is 0 Å². The van der Waals surface area contributed by atoms with Crippen LogP contribution in [-0.4, -0.2) is 37.7 Å². The highest BCUT2D eigenvalue weighted by Crippen LogP contribution is 2.28. The van der Waals surface area contributed by atoms with Gasteiger partial charge in [-0.1, -0.05) is 13.0 Å². The second kappa shape index (κ2) is 9.11. The van der Waals surface area contributed by atoms with Gasteiger partial charge in [-0.3, -0.25) is 4.79 Å². The summed E-state index contributed by atoms with van der Waals surface area (Å²) < 4.78 is 16.0. The summed E-state index contributed by atoms with van der Waals surface area (Å²) in [5.41, 5.74) is 0.771. The third-order valence-corrected chi connectivity index (χ3v) is 3.65. The van der Waals surface area contributed by atoms with E-state index in [1.165, 1.54) is 6.08 Å². The topological polar surface area (TPSA) is 73.9 Å². The van der Waals surface area contributed by atoms with Gasteiger partial charge in [-0.05, 0) is 50.0 Å². The highest BCUT2D eigenvalue weighted by atomic mass is 16.5. The van der Waals surface area contributed by atoms with Crippen LogP contribution in [0.3, 0.4) is 0 Å². The van der Waals surface area contributed by atoms with Gasteiger partial charge in [0.1, 0.15) is 0 Å². The Kier molecular flexibility index (Phi) is 6.86. The third-order valence-electron chi connectivity index (χ3n) is 3.65. The molecule has 1 amide bonds. The summed E-state index contributed by atoms with van der Waals surface area (Å²) in [6, 6.07) is 5.63. The largest absolute Gasteiger partial charge is 0.493 e. The van der Waals surface area contributed by atoms with Crippen molar-refractivity contribution < 1.29 is 23.8 Å². The van der Waals surface area contributed by atoms with E-state index in [0.717, 1.165) is 24.8 Å². The van der Waals surface area contributed by atoms with Gasteiger partial charge < -0.3 is 19.5 Å². The van der Waals surface area contributed by atoms with Crippen molar-refractivity contribution in [3.8, 4) is 11.5 Å². The molecule has 6 nitrogen and oxygen atoms in total. The smallest absolute Gasteiger partial charge is 0.331 e. The molecule has 1 aliphatic rings. The molecule has 1 N–H and O–H groups in total. The van der Waals surface area contributed by atoms with Gasteiger partial charge in [-0.2, -0.15) is 0 Å². The molecule has 1 aromatic rings. The van der Waals surface area contributed by atoms with Crippen molar-refractivity contribution in [2.45, 2.75) is 45.3 Å². The minimum absolute atomic E-state index is 0.241. The average molecular weight is 347 g/mol. The molecule has 136 valence electrons. The van der Waals surface area contributed by atoms with Crippen LogP contribution in [0.15, 0.2) is 24.3 Å². The van der Waals surface area contributed by atoms with E-state index in [0.29, 0.717) is 18.1 Å². The second-order valence-electron chi connectivity index (χ2n) is 5.95. The summed E-state index contributed by atoms with van der Waals surface area (Å²) in [6.45, 7) is 4.20. The van der Waals surface area contributed by atoms with Crippen LogP contribution >= 0.6 is 0 Å². The molecule has 0 spiro atoms. The average Bonchev–Trinajstić information content (AvgIpc) is 3.42. The standard InChI is InChI=1S/C19H25NO5/c1-4-11-24-16-9-5-14(12-17(16)23-3)6-10-18(21)25-13(2)19(22)20-15-7-8-15/h5-6,9-10,12-13,15H,4,7-8,11H2,1-3H3,(H,20,22)/b10-6+/t13-/m0/s1. The van der Waals surface area contributed by atoms with Crippen molar-refractivity contribution in [2.24, 2.45) is 0 Å². The number of rotatable bonds is 9. The molecular formula is C19H25NO5. The first-order valence-electron chi connectivity index (χ1n) is 8.53. The Morgan fingerprint density at radius 1 is 1.32 bits per heavy atom. The Morgan fingerprint density at radius 3 is 2.72 bits per heavy atom. The maximum atomic E-state index is 11.9. The number of benzene rings is 1. The number of methoxy groups -OCH3 is 1. The van der Waals surface area contributed by atoms with Crippen molar-refractivity contribution in [1.82, 2.24) is 5.32 Å². The Morgan fingerprint density at radius 2 is 2.08 bits per heavy atom. The van der Waals surface area contributed by atoms with Crippen molar-refractivity contribution in [2.75, 3.05) is 13.7 Å². The number of hydrogen-bond donors (Lipinski definition) is 1. The van der Waals surface area contributed by atoms with Crippen LogP contribution in [0, 0.1) is 0 Å². The highest BCUT2D eigenvalue weighted by molar-refractivity contribution is 5.90. The summed E-state index contributed by atoms with van der Waals surface area (Å²) in [6.07, 6.45) is 4.99. The third kappa shape index (κ3) is 6.14. The molecule has 0 aromatic heterocycles. The van der Waals surface area contributed by atoms with Crippen LogP contribution in [0.2, 0.25) is 0 Å². The van der Waals surface area contributed by atoms with Gasteiger partial charge in [0.25, 0.3) is 5.91 Å². The predicted molar refractivity (Wildman–Crippen MR) is 94.5 cm³/mol. The van der Waals surface area contributed by atoms with E-state index in [-0.39, 0.29) is 11.9 Å². The van der Waals surface area contributed by atoms with Crippen LogP contribution in [0.25, 0.3) is 6.08 Å². The van der Waals surface area contributed by atoms with Gasteiger partial charge in [0, 0.05) is 12.1 Å². The fraction of sp³-hybridized carbons (Fsp3) is 0.474. The number of nitrogens with one attached hydrogen (secondary N) is 1. The van der Waals surface area contributed by atoms with Crippen LogP contribution in [0.1, 0.15) is 38.7 Å². The lowest BCUT2D eigenvalue weighted by Crippen LogP contribution is -2.36. The lowest BCUT2D eigenvalue weighted by atomic mass is 10.2. The molecule has 25 heavy (non-hydrogen) atoms. The zero-order valence-corrected chi connectivity index (χ0v) is 14.9. The maximum absolute atomic E-state index is 11.9. The van der Waals surface area contributed by atoms with E-state index in [9.17, 15) is 9.59 Å². The minimum Gasteiger partial charge on any atom is -0.493 e. The Labute approximate surface area is 148 Å². The molecule has 1 atom stereocenters. The molecule has 0 saturated heterocycles. The fourth-order valence-corrected chi connectivity index (χ4v) is 2.10. The number of carbonyl (C=O) groups excluding carboxylic acids is 2. The van der Waals surface area contributed by atoms with Gasteiger partial charge in [0.15, 0.2) is 17.6 Å². The molecule has 1 aliphatic carbocycles. The number of hydrogen-bond acceptors (Lipinski definition) is 5. The Hall–Kier alpha value is -2.50. The van der Waals surface area contributed by atoms with Crippen LogP contribution in [0.5, 0.6) is 11.5 Å². The quantitative estimate of drug-likeness (QED) is 0.549. The van der Waals surface area contributed by atoms with Gasteiger partial charge in [-0.25, -0.2) is 4.79 Å². The summed E-state index contributed by atoms with van der Waals surface area (Å²) in [7, 11) is 1.57. The molecule has 0 bridgehead atoms. The molecule has 1 saturated carbocycles. The predicted octanol–water partition coefficient (Wildman–Crippen LogP) is 2.71. The summed E-state index contributed by atoms with van der Waals surface area (Å²) in [5, 5.41) is 2.80. The number of amides is 1. The number of carbonyl (C=O) groups is 2.